The first-order valence-electron chi connectivity index (χ1n) is 18.6. The monoisotopic (exact) mass is 733 g/mol. The van der Waals surface area contributed by atoms with Gasteiger partial charge in [-0.1, -0.05) is 146 Å². The van der Waals surface area contributed by atoms with E-state index in [1.165, 1.54) is 25.6 Å². The van der Waals surface area contributed by atoms with Crippen molar-refractivity contribution in [2.24, 2.45) is 0 Å². The van der Waals surface area contributed by atoms with Crippen molar-refractivity contribution in [3.05, 3.63) is 182 Å². The van der Waals surface area contributed by atoms with Gasteiger partial charge < -0.3 is 4.98 Å². The van der Waals surface area contributed by atoms with Gasteiger partial charge in [0, 0.05) is 70.5 Å². The maximum Gasteiger partial charge on any atom is 0.166 e. The highest BCUT2D eigenvalue weighted by atomic mass is 32.1. The normalized spacial score (nSPS) is 11.6. The lowest BCUT2D eigenvalue weighted by Crippen LogP contribution is -2.02. The molecule has 0 amide bonds. The number of hydrogen-bond acceptors (Lipinski definition) is 5. The van der Waals surface area contributed by atoms with Crippen molar-refractivity contribution >= 4 is 53.3 Å². The number of rotatable bonds is 6. The van der Waals surface area contributed by atoms with E-state index in [2.05, 4.69) is 114 Å². The molecule has 0 fully saturated rings. The van der Waals surface area contributed by atoms with Gasteiger partial charge in [-0.3, -0.25) is 4.98 Å². The molecule has 11 aromatic rings. The quantitative estimate of drug-likeness (QED) is 0.185. The minimum Gasteiger partial charge on any atom is -0.354 e. The van der Waals surface area contributed by atoms with Gasteiger partial charge >= 0.3 is 0 Å². The lowest BCUT2D eigenvalue weighted by atomic mass is 9.95. The molecule has 0 radical (unpaired) electrons. The third-order valence-corrected chi connectivity index (χ3v) is 11.6. The third-order valence-electron chi connectivity index (χ3n) is 10.5. The predicted molar refractivity (Wildman–Crippen MR) is 232 cm³/mol. The van der Waals surface area contributed by atoms with Gasteiger partial charge in [0.15, 0.2) is 17.5 Å². The van der Waals surface area contributed by atoms with Crippen LogP contribution in [0.2, 0.25) is 0 Å². The maximum absolute atomic E-state index is 5.36. The largest absolute Gasteiger partial charge is 0.354 e. The Labute approximate surface area is 326 Å². The van der Waals surface area contributed by atoms with Crippen LogP contribution in [0, 0.1) is 0 Å². The molecule has 0 aliphatic heterocycles. The van der Waals surface area contributed by atoms with Gasteiger partial charge in [-0.2, -0.15) is 0 Å². The van der Waals surface area contributed by atoms with Crippen molar-refractivity contribution in [1.29, 1.82) is 0 Å². The summed E-state index contributed by atoms with van der Waals surface area (Å²) in [6.07, 6.45) is 1.99. The number of nitrogens with zero attached hydrogens (tertiary/aromatic N) is 4. The average Bonchev–Trinajstić information content (AvgIpc) is 3.86. The molecule has 0 unspecified atom stereocenters. The second-order valence-corrected chi connectivity index (χ2v) is 15.0. The highest BCUT2D eigenvalue weighted by molar-refractivity contribution is 7.26. The topological polar surface area (TPSA) is 67.3 Å². The summed E-state index contributed by atoms with van der Waals surface area (Å²) in [6, 6.07) is 61.1. The molecule has 0 saturated carbocycles. The fourth-order valence-electron chi connectivity index (χ4n) is 7.87. The van der Waals surface area contributed by atoms with Crippen LogP contribution in [0.1, 0.15) is 0 Å². The minimum atomic E-state index is 0.563. The van der Waals surface area contributed by atoms with E-state index >= 15 is 0 Å². The van der Waals surface area contributed by atoms with E-state index in [1.54, 1.807) is 11.3 Å². The van der Waals surface area contributed by atoms with Crippen LogP contribution in [0.4, 0.5) is 0 Å². The van der Waals surface area contributed by atoms with Crippen LogP contribution in [0.15, 0.2) is 182 Å². The molecule has 0 aliphatic carbocycles. The summed E-state index contributed by atoms with van der Waals surface area (Å²) in [5.74, 6) is 1.78. The summed E-state index contributed by atoms with van der Waals surface area (Å²) in [7, 11) is 0. The molecule has 7 aromatic carbocycles. The average molecular weight is 734 g/mol. The molecule has 0 spiro atoms. The van der Waals surface area contributed by atoms with E-state index in [-0.39, 0.29) is 0 Å². The number of benzene rings is 7. The summed E-state index contributed by atoms with van der Waals surface area (Å²) >= 11 is 1.81. The first-order chi connectivity index (χ1) is 27.7. The van der Waals surface area contributed by atoms with Crippen LogP contribution in [0.5, 0.6) is 0 Å². The molecule has 4 aromatic heterocycles. The van der Waals surface area contributed by atoms with E-state index < -0.39 is 0 Å². The van der Waals surface area contributed by atoms with Gasteiger partial charge in [0.1, 0.15) is 0 Å². The molecule has 4 heterocycles. The summed E-state index contributed by atoms with van der Waals surface area (Å²) in [6.45, 7) is 0. The molecule has 0 bridgehead atoms. The second-order valence-electron chi connectivity index (χ2n) is 13.9. The van der Waals surface area contributed by atoms with E-state index in [4.69, 9.17) is 19.9 Å². The van der Waals surface area contributed by atoms with Crippen LogP contribution >= 0.6 is 11.3 Å². The predicted octanol–water partition coefficient (Wildman–Crippen LogP) is 13.3. The van der Waals surface area contributed by atoms with Crippen LogP contribution in [0.25, 0.3) is 110 Å². The lowest BCUT2D eigenvalue weighted by Gasteiger charge is -2.14. The molecule has 0 saturated heterocycles. The Morgan fingerprint density at radius 1 is 0.393 bits per heavy atom. The van der Waals surface area contributed by atoms with Crippen LogP contribution in [-0.4, -0.2) is 24.9 Å². The molecular formula is C50H31N5S. The zero-order valence-corrected chi connectivity index (χ0v) is 30.8. The number of para-hydroxylation sites is 1. The number of nitrogens with one attached hydrogen (secondary N) is 1. The highest BCUT2D eigenvalue weighted by Gasteiger charge is 2.22. The fraction of sp³-hybridized carbons (Fsp3) is 0. The molecule has 56 heavy (non-hydrogen) atoms. The lowest BCUT2D eigenvalue weighted by molar-refractivity contribution is 1.07. The van der Waals surface area contributed by atoms with E-state index in [9.17, 15) is 0 Å². The zero-order chi connectivity index (χ0) is 37.0. The SMILES string of the molecule is c1ccc(-c2cccc(-c3cnc(-c4cccc5sc6ccc7c8ccccc8[nH]c7c6c45)c(-c4nc(-c5ccccc5)nc(-c5ccccc5)n4)c3)c2)cc1. The van der Waals surface area contributed by atoms with Crippen molar-refractivity contribution in [3.8, 4) is 67.7 Å². The van der Waals surface area contributed by atoms with E-state index in [0.717, 1.165) is 66.6 Å². The van der Waals surface area contributed by atoms with Crippen molar-refractivity contribution in [3.63, 3.8) is 0 Å². The van der Waals surface area contributed by atoms with Crippen molar-refractivity contribution in [2.75, 3.05) is 0 Å². The Morgan fingerprint density at radius 3 is 1.71 bits per heavy atom. The standard InChI is InChI=1S/C50H31N5S/c1-4-14-31(15-5-1)34-20-12-21-35(28-34)36-29-40(50-54-48(32-16-6-2-7-17-32)53-49(55-50)33-18-8-3-9-19-33)46(51-30-36)39-23-13-25-42-44(39)45-43(56-42)27-26-38-37-22-10-11-24-41(37)52-47(38)45/h1-30,52H. The minimum absolute atomic E-state index is 0.563. The molecule has 262 valence electrons. The van der Waals surface area contributed by atoms with Crippen LogP contribution in [0.3, 0.4) is 0 Å². The Bertz CT molecular complexity index is 3190. The van der Waals surface area contributed by atoms with Gasteiger partial charge in [-0.05, 0) is 47.0 Å². The number of aromatic nitrogens is 5. The molecule has 1 N–H and O–H groups in total. The first-order valence-corrected chi connectivity index (χ1v) is 19.4. The fourth-order valence-corrected chi connectivity index (χ4v) is 9.01. The molecule has 11 rings (SSSR count). The Balaban J connectivity index is 1.20. The van der Waals surface area contributed by atoms with Crippen molar-refractivity contribution < 1.29 is 0 Å². The zero-order valence-electron chi connectivity index (χ0n) is 30.0. The molecule has 0 atom stereocenters. The van der Waals surface area contributed by atoms with Crippen LogP contribution < -0.4 is 0 Å². The van der Waals surface area contributed by atoms with Gasteiger partial charge in [0.2, 0.25) is 0 Å². The summed E-state index contributed by atoms with van der Waals surface area (Å²) < 4.78 is 2.42. The van der Waals surface area contributed by atoms with Gasteiger partial charge in [0.25, 0.3) is 0 Å². The second kappa shape index (κ2) is 13.2. The number of fused-ring (bicyclic) bond motifs is 7. The number of aromatic amines is 1. The van der Waals surface area contributed by atoms with E-state index in [0.29, 0.717) is 17.5 Å². The highest BCUT2D eigenvalue weighted by Crippen LogP contribution is 2.46. The Morgan fingerprint density at radius 2 is 0.982 bits per heavy atom. The summed E-state index contributed by atoms with van der Waals surface area (Å²) in [5.41, 5.74) is 11.1. The Hall–Kier alpha value is -7.28. The van der Waals surface area contributed by atoms with Crippen LogP contribution in [-0.2, 0) is 0 Å². The van der Waals surface area contributed by atoms with Gasteiger partial charge in [-0.25, -0.2) is 15.0 Å². The van der Waals surface area contributed by atoms with Crippen molar-refractivity contribution in [1.82, 2.24) is 24.9 Å². The smallest absolute Gasteiger partial charge is 0.166 e. The maximum atomic E-state index is 5.36. The van der Waals surface area contributed by atoms with E-state index in [1.807, 2.05) is 72.9 Å². The van der Waals surface area contributed by atoms with Gasteiger partial charge in [-0.15, -0.1) is 11.3 Å². The molecule has 0 aliphatic rings. The Kier molecular flexibility index (Phi) is 7.60. The number of H-pyrrole nitrogens is 1. The summed E-state index contributed by atoms with van der Waals surface area (Å²) in [4.78, 5) is 24.6. The molecule has 6 heteroatoms. The number of thiophene rings is 1. The first kappa shape index (κ1) is 32.2. The molecule has 5 nitrogen and oxygen atoms in total. The van der Waals surface area contributed by atoms with Gasteiger partial charge in [0.05, 0.1) is 11.2 Å². The number of pyridine rings is 1. The molecular weight excluding hydrogens is 703 g/mol. The van der Waals surface area contributed by atoms with Crippen molar-refractivity contribution in [2.45, 2.75) is 0 Å². The summed E-state index contributed by atoms with van der Waals surface area (Å²) in [5, 5.41) is 4.79. The number of hydrogen-bond donors (Lipinski definition) is 1. The third kappa shape index (κ3) is 5.46.